The third kappa shape index (κ3) is 4.52. The van der Waals surface area contributed by atoms with E-state index in [1.165, 1.54) is 17.3 Å². The third-order valence-corrected chi connectivity index (χ3v) is 5.94. The van der Waals surface area contributed by atoms with Crippen molar-refractivity contribution in [2.24, 2.45) is 0 Å². The van der Waals surface area contributed by atoms with Gasteiger partial charge in [-0.25, -0.2) is 4.98 Å². The lowest BCUT2D eigenvalue weighted by Gasteiger charge is -2.10. The van der Waals surface area contributed by atoms with Gasteiger partial charge in [0.25, 0.3) is 0 Å². The number of carbonyl (C=O) groups excluding carboxylic acids is 1. The van der Waals surface area contributed by atoms with Crippen LogP contribution in [-0.2, 0) is 13.0 Å². The van der Waals surface area contributed by atoms with Crippen LogP contribution in [0.5, 0.6) is 0 Å². The van der Waals surface area contributed by atoms with Crippen molar-refractivity contribution in [1.82, 2.24) is 24.7 Å². The molecular weight excluding hydrogens is 394 g/mol. The number of aromatic amines is 1. The van der Waals surface area contributed by atoms with Gasteiger partial charge in [0.1, 0.15) is 0 Å². The van der Waals surface area contributed by atoms with E-state index >= 15 is 0 Å². The second-order valence-electron chi connectivity index (χ2n) is 7.09. The highest BCUT2D eigenvalue weighted by Gasteiger charge is 2.17. The van der Waals surface area contributed by atoms with Crippen LogP contribution in [0.1, 0.15) is 27.3 Å². The van der Waals surface area contributed by atoms with Crippen LogP contribution in [-0.4, -0.2) is 36.3 Å². The molecule has 0 saturated carbocycles. The van der Waals surface area contributed by atoms with Crippen LogP contribution in [0.2, 0.25) is 0 Å². The van der Waals surface area contributed by atoms with Gasteiger partial charge in [-0.3, -0.25) is 14.9 Å². The Morgan fingerprint density at radius 1 is 1.10 bits per heavy atom. The first-order chi connectivity index (χ1) is 14.6. The van der Waals surface area contributed by atoms with Crippen LogP contribution < -0.4 is 0 Å². The zero-order valence-corrected chi connectivity index (χ0v) is 17.8. The van der Waals surface area contributed by atoms with Gasteiger partial charge in [0.2, 0.25) is 5.16 Å². The minimum atomic E-state index is 0.0920. The number of H-pyrrole nitrogens is 1. The molecule has 0 spiro atoms. The fourth-order valence-corrected chi connectivity index (χ4v) is 4.15. The third-order valence-electron chi connectivity index (χ3n) is 5.09. The van der Waals surface area contributed by atoms with Gasteiger partial charge >= 0.3 is 0 Å². The lowest BCUT2D eigenvalue weighted by atomic mass is 10.1. The zero-order chi connectivity index (χ0) is 20.9. The van der Waals surface area contributed by atoms with Gasteiger partial charge in [0, 0.05) is 41.5 Å². The Morgan fingerprint density at radius 2 is 1.87 bits per heavy atom. The minimum absolute atomic E-state index is 0.0920. The van der Waals surface area contributed by atoms with E-state index in [0.29, 0.717) is 16.7 Å². The molecule has 0 fully saturated rings. The standard InChI is InChI=1S/C23H23N5OS/c1-16-14-20(17(2)28(16)13-10-18-6-4-3-5-7-18)21(29)15-30-23-25-22(26-27-23)19-8-11-24-12-9-19/h3-9,11-12,14H,10,13,15H2,1-2H3,(H,25,26,27). The molecule has 1 N–H and O–H groups in total. The van der Waals surface area contributed by atoms with Gasteiger partial charge in [-0.05, 0) is 44.0 Å². The molecule has 152 valence electrons. The maximum absolute atomic E-state index is 12.8. The summed E-state index contributed by atoms with van der Waals surface area (Å²) in [5, 5.41) is 7.70. The number of hydrogen-bond acceptors (Lipinski definition) is 5. The van der Waals surface area contributed by atoms with E-state index in [1.807, 2.05) is 31.2 Å². The van der Waals surface area contributed by atoms with Gasteiger partial charge in [-0.2, -0.15) is 0 Å². The summed E-state index contributed by atoms with van der Waals surface area (Å²) < 4.78 is 2.22. The quantitative estimate of drug-likeness (QED) is 0.337. The summed E-state index contributed by atoms with van der Waals surface area (Å²) in [7, 11) is 0. The van der Waals surface area contributed by atoms with Crippen molar-refractivity contribution in [3.8, 4) is 11.4 Å². The number of benzene rings is 1. The lowest BCUT2D eigenvalue weighted by molar-refractivity contribution is 0.102. The fourth-order valence-electron chi connectivity index (χ4n) is 3.47. The highest BCUT2D eigenvalue weighted by atomic mass is 32.2. The Balaban J connectivity index is 1.40. The second-order valence-corrected chi connectivity index (χ2v) is 8.03. The Hall–Kier alpha value is -3.19. The number of Topliss-reactive ketones (excluding diaryl/α,β-unsaturated/α-hetero) is 1. The number of nitrogens with zero attached hydrogens (tertiary/aromatic N) is 4. The van der Waals surface area contributed by atoms with Crippen LogP contribution in [0.15, 0.2) is 66.1 Å². The molecule has 0 aliphatic heterocycles. The largest absolute Gasteiger partial charge is 0.348 e. The van der Waals surface area contributed by atoms with E-state index < -0.39 is 0 Å². The van der Waals surface area contributed by atoms with Crippen LogP contribution in [0.3, 0.4) is 0 Å². The Kier molecular flexibility index (Phi) is 6.09. The first-order valence-corrected chi connectivity index (χ1v) is 10.8. The molecular formula is C23H23N5OS. The number of thioether (sulfide) groups is 1. The SMILES string of the molecule is Cc1cc(C(=O)CSc2n[nH]c(-c3ccncc3)n2)c(C)n1CCc1ccccc1. The number of carbonyl (C=O) groups is 1. The molecule has 0 aliphatic rings. The van der Waals surface area contributed by atoms with E-state index in [-0.39, 0.29) is 5.78 Å². The Morgan fingerprint density at radius 3 is 2.63 bits per heavy atom. The van der Waals surface area contributed by atoms with Crippen LogP contribution in [0.25, 0.3) is 11.4 Å². The summed E-state index contributed by atoms with van der Waals surface area (Å²) in [6.45, 7) is 4.93. The van der Waals surface area contributed by atoms with Crippen molar-refractivity contribution < 1.29 is 4.79 Å². The van der Waals surface area contributed by atoms with Gasteiger partial charge in [-0.1, -0.05) is 42.1 Å². The van der Waals surface area contributed by atoms with Crippen LogP contribution >= 0.6 is 11.8 Å². The lowest BCUT2D eigenvalue weighted by Crippen LogP contribution is -2.08. The molecule has 3 aromatic heterocycles. The predicted octanol–water partition coefficient (Wildman–Crippen LogP) is 4.50. The smallest absolute Gasteiger partial charge is 0.209 e. The summed E-state index contributed by atoms with van der Waals surface area (Å²) in [5.41, 5.74) is 5.11. The van der Waals surface area contributed by atoms with E-state index in [2.05, 4.69) is 55.9 Å². The van der Waals surface area contributed by atoms with E-state index in [1.54, 1.807) is 12.4 Å². The van der Waals surface area contributed by atoms with Gasteiger partial charge in [-0.15, -0.1) is 5.10 Å². The average Bonchev–Trinajstić information content (AvgIpc) is 3.36. The molecule has 0 bridgehead atoms. The van der Waals surface area contributed by atoms with Crippen molar-refractivity contribution >= 4 is 17.5 Å². The highest BCUT2D eigenvalue weighted by molar-refractivity contribution is 7.99. The predicted molar refractivity (Wildman–Crippen MR) is 119 cm³/mol. The summed E-state index contributed by atoms with van der Waals surface area (Å²) in [6, 6.07) is 16.1. The molecule has 30 heavy (non-hydrogen) atoms. The molecule has 1 aromatic carbocycles. The molecule has 0 atom stereocenters. The molecule has 4 rings (SSSR count). The summed E-state index contributed by atoms with van der Waals surface area (Å²) in [5.74, 6) is 1.07. The van der Waals surface area contributed by atoms with Crippen molar-refractivity contribution in [3.05, 3.63) is 83.4 Å². The minimum Gasteiger partial charge on any atom is -0.348 e. The highest BCUT2D eigenvalue weighted by Crippen LogP contribution is 2.22. The Bertz CT molecular complexity index is 1140. The summed E-state index contributed by atoms with van der Waals surface area (Å²) in [4.78, 5) is 21.3. The van der Waals surface area contributed by atoms with E-state index in [4.69, 9.17) is 0 Å². The molecule has 0 amide bonds. The molecule has 6 nitrogen and oxygen atoms in total. The first-order valence-electron chi connectivity index (χ1n) is 9.81. The monoisotopic (exact) mass is 417 g/mol. The fraction of sp³-hybridized carbons (Fsp3) is 0.217. The zero-order valence-electron chi connectivity index (χ0n) is 17.0. The normalized spacial score (nSPS) is 11.0. The number of hydrogen-bond donors (Lipinski definition) is 1. The number of aromatic nitrogens is 5. The summed E-state index contributed by atoms with van der Waals surface area (Å²) >= 11 is 1.35. The maximum Gasteiger partial charge on any atom is 0.209 e. The summed E-state index contributed by atoms with van der Waals surface area (Å²) in [6.07, 6.45) is 4.36. The second kappa shape index (κ2) is 9.09. The molecule has 7 heteroatoms. The topological polar surface area (TPSA) is 76.5 Å². The molecule has 0 unspecified atom stereocenters. The van der Waals surface area contributed by atoms with Crippen molar-refractivity contribution in [2.45, 2.75) is 32.0 Å². The number of ketones is 1. The van der Waals surface area contributed by atoms with Crippen molar-refractivity contribution in [3.63, 3.8) is 0 Å². The molecule has 0 aliphatic carbocycles. The van der Waals surface area contributed by atoms with Gasteiger partial charge in [0.15, 0.2) is 11.6 Å². The molecule has 0 saturated heterocycles. The molecule has 0 radical (unpaired) electrons. The average molecular weight is 418 g/mol. The molecule has 4 aromatic rings. The first kappa shape index (κ1) is 20.1. The van der Waals surface area contributed by atoms with Gasteiger partial charge < -0.3 is 4.57 Å². The maximum atomic E-state index is 12.8. The van der Waals surface area contributed by atoms with E-state index in [0.717, 1.165) is 35.5 Å². The number of rotatable bonds is 8. The van der Waals surface area contributed by atoms with Crippen molar-refractivity contribution in [1.29, 1.82) is 0 Å². The number of nitrogens with one attached hydrogen (secondary N) is 1. The Labute approximate surface area is 179 Å². The number of aryl methyl sites for hydroxylation is 2. The van der Waals surface area contributed by atoms with E-state index in [9.17, 15) is 4.79 Å². The number of pyridine rings is 1. The molecule has 3 heterocycles. The van der Waals surface area contributed by atoms with Gasteiger partial charge in [0.05, 0.1) is 5.75 Å². The van der Waals surface area contributed by atoms with Crippen LogP contribution in [0.4, 0.5) is 0 Å². The van der Waals surface area contributed by atoms with Crippen LogP contribution in [0, 0.1) is 13.8 Å². The van der Waals surface area contributed by atoms with Crippen molar-refractivity contribution in [2.75, 3.05) is 5.75 Å².